The first-order valence-electron chi connectivity index (χ1n) is 12.4. The number of carbonyl (C=O) groups is 2. The average Bonchev–Trinajstić information content (AvgIpc) is 3.65. The van der Waals surface area contributed by atoms with Crippen molar-refractivity contribution >= 4 is 22.8 Å². The molecule has 0 aliphatic heterocycles. The Balaban J connectivity index is 1.78. The molecule has 0 saturated heterocycles. The number of amides is 2. The van der Waals surface area contributed by atoms with Gasteiger partial charge in [0.25, 0.3) is 0 Å². The summed E-state index contributed by atoms with van der Waals surface area (Å²) in [7, 11) is 4.57. The first kappa shape index (κ1) is 26.2. The second-order valence-electron chi connectivity index (χ2n) is 9.86. The number of aromatic nitrogens is 3. The van der Waals surface area contributed by atoms with Crippen LogP contribution in [-0.2, 0) is 16.1 Å². The molecule has 10 nitrogen and oxygen atoms in total. The van der Waals surface area contributed by atoms with Crippen LogP contribution in [0.15, 0.2) is 36.4 Å². The fourth-order valence-electron chi connectivity index (χ4n) is 4.34. The molecule has 4 rings (SSSR count). The molecule has 1 fully saturated rings. The van der Waals surface area contributed by atoms with Crippen LogP contribution >= 0.6 is 0 Å². The molecule has 1 saturated carbocycles. The van der Waals surface area contributed by atoms with Crippen LogP contribution in [0.2, 0.25) is 0 Å². The monoisotopic (exact) mass is 509 g/mol. The van der Waals surface area contributed by atoms with E-state index in [1.54, 1.807) is 21.7 Å². The smallest absolute Gasteiger partial charge is 0.247 e. The summed E-state index contributed by atoms with van der Waals surface area (Å²) >= 11 is 0. The second kappa shape index (κ2) is 10.7. The van der Waals surface area contributed by atoms with Gasteiger partial charge in [-0.3, -0.25) is 9.59 Å². The molecule has 0 unspecified atom stereocenters. The summed E-state index contributed by atoms with van der Waals surface area (Å²) in [5, 5.41) is 11.5. The van der Waals surface area contributed by atoms with Gasteiger partial charge >= 0.3 is 0 Å². The Hall–Kier alpha value is -3.82. The number of para-hydroxylation sites is 1. The number of benzene rings is 2. The molecule has 1 aromatic heterocycles. The van der Waals surface area contributed by atoms with E-state index in [0.717, 1.165) is 24.8 Å². The van der Waals surface area contributed by atoms with Crippen molar-refractivity contribution in [3.63, 3.8) is 0 Å². The van der Waals surface area contributed by atoms with E-state index in [2.05, 4.69) is 15.6 Å². The van der Waals surface area contributed by atoms with Crippen molar-refractivity contribution in [2.75, 3.05) is 21.3 Å². The highest BCUT2D eigenvalue weighted by Crippen LogP contribution is 2.43. The van der Waals surface area contributed by atoms with Crippen LogP contribution in [0.25, 0.3) is 11.0 Å². The normalized spacial score (nSPS) is 14.2. The van der Waals surface area contributed by atoms with Crippen molar-refractivity contribution in [1.29, 1.82) is 0 Å². The number of hydrogen-bond acceptors (Lipinski definition) is 7. The summed E-state index contributed by atoms with van der Waals surface area (Å²) in [6.45, 7) is 5.89. The number of rotatable bonds is 11. The number of fused-ring (bicyclic) bond motifs is 1. The van der Waals surface area contributed by atoms with Crippen LogP contribution in [0.1, 0.15) is 51.6 Å². The summed E-state index contributed by atoms with van der Waals surface area (Å²) in [6.07, 6.45) is 2.35. The van der Waals surface area contributed by atoms with Crippen LogP contribution in [0.5, 0.6) is 17.2 Å². The molecule has 37 heavy (non-hydrogen) atoms. The van der Waals surface area contributed by atoms with Gasteiger partial charge in [-0.05, 0) is 62.9 Å². The molecule has 2 amide bonds. The largest absolute Gasteiger partial charge is 0.493 e. The Morgan fingerprint density at radius 1 is 1.11 bits per heavy atom. The summed E-state index contributed by atoms with van der Waals surface area (Å²) in [5.74, 6) is 0.746. The molecule has 10 heteroatoms. The van der Waals surface area contributed by atoms with Crippen LogP contribution in [0, 0.1) is 0 Å². The number of hydrogen-bond donors (Lipinski definition) is 1. The number of methoxy groups -OCH3 is 3. The van der Waals surface area contributed by atoms with Gasteiger partial charge in [-0.2, -0.15) is 0 Å². The fourth-order valence-corrected chi connectivity index (χ4v) is 4.34. The SMILES string of the molecule is CCC(C)(C)NC(=O)[C@@H](c1cc(OC)c(OC)c(OC)c1)N(C(=O)Cn1nnc2ccccc21)C1CC1. The summed E-state index contributed by atoms with van der Waals surface area (Å²) in [6, 6.07) is 9.97. The fraction of sp³-hybridized carbons (Fsp3) is 0.481. The Bertz CT molecular complexity index is 1260. The van der Waals surface area contributed by atoms with Crippen molar-refractivity contribution in [3.8, 4) is 17.2 Å². The van der Waals surface area contributed by atoms with Gasteiger partial charge < -0.3 is 24.4 Å². The third-order valence-corrected chi connectivity index (χ3v) is 6.81. The van der Waals surface area contributed by atoms with E-state index in [-0.39, 0.29) is 24.4 Å². The zero-order valence-electron chi connectivity index (χ0n) is 22.3. The minimum absolute atomic E-state index is 0.0393. The van der Waals surface area contributed by atoms with Crippen molar-refractivity contribution < 1.29 is 23.8 Å². The molecule has 1 heterocycles. The van der Waals surface area contributed by atoms with E-state index in [9.17, 15) is 9.59 Å². The lowest BCUT2D eigenvalue weighted by molar-refractivity contribution is -0.143. The molecule has 1 aliphatic carbocycles. The standard InChI is InChI=1S/C27H35N5O5/c1-7-27(2,3)28-26(34)24(17-14-21(35-4)25(37-6)22(15-17)36-5)32(18-12-13-18)23(33)16-31-20-11-9-8-10-19(20)29-30-31/h8-11,14-15,18,24H,7,12-13,16H2,1-6H3,(H,28,34)/t24-/m1/s1. The highest BCUT2D eigenvalue weighted by molar-refractivity contribution is 5.90. The maximum atomic E-state index is 13.9. The quantitative estimate of drug-likeness (QED) is 0.422. The third kappa shape index (κ3) is 5.47. The van der Waals surface area contributed by atoms with Gasteiger partial charge in [0.2, 0.25) is 17.6 Å². The molecule has 1 N–H and O–H groups in total. The zero-order valence-corrected chi connectivity index (χ0v) is 22.3. The molecule has 2 aromatic carbocycles. The Labute approximate surface area is 216 Å². The van der Waals surface area contributed by atoms with Crippen molar-refractivity contribution in [2.24, 2.45) is 0 Å². The van der Waals surface area contributed by atoms with E-state index in [1.807, 2.05) is 45.0 Å². The second-order valence-corrected chi connectivity index (χ2v) is 9.86. The van der Waals surface area contributed by atoms with Gasteiger partial charge in [0.05, 0.1) is 26.8 Å². The summed E-state index contributed by atoms with van der Waals surface area (Å²) < 4.78 is 18.2. The minimum atomic E-state index is -0.908. The Kier molecular flexibility index (Phi) is 7.56. The van der Waals surface area contributed by atoms with Gasteiger partial charge in [0.1, 0.15) is 18.1 Å². The van der Waals surface area contributed by atoms with Crippen LogP contribution < -0.4 is 19.5 Å². The first-order valence-corrected chi connectivity index (χ1v) is 12.4. The molecule has 1 atom stereocenters. The van der Waals surface area contributed by atoms with E-state index >= 15 is 0 Å². The lowest BCUT2D eigenvalue weighted by Gasteiger charge is -2.35. The Morgan fingerprint density at radius 2 is 1.76 bits per heavy atom. The number of nitrogens with one attached hydrogen (secondary N) is 1. The highest BCUT2D eigenvalue weighted by atomic mass is 16.5. The molecule has 0 spiro atoms. The van der Waals surface area contributed by atoms with E-state index < -0.39 is 11.6 Å². The molecular formula is C27H35N5O5. The summed E-state index contributed by atoms with van der Waals surface area (Å²) in [5.41, 5.74) is 1.57. The van der Waals surface area contributed by atoms with E-state index in [1.165, 1.54) is 21.3 Å². The minimum Gasteiger partial charge on any atom is -0.493 e. The molecule has 0 radical (unpaired) electrons. The van der Waals surface area contributed by atoms with Crippen molar-refractivity contribution in [2.45, 2.75) is 64.2 Å². The van der Waals surface area contributed by atoms with Gasteiger partial charge in [0, 0.05) is 11.6 Å². The maximum absolute atomic E-state index is 13.9. The Morgan fingerprint density at radius 3 is 2.32 bits per heavy atom. The molecular weight excluding hydrogens is 474 g/mol. The third-order valence-electron chi connectivity index (χ3n) is 6.81. The average molecular weight is 510 g/mol. The van der Waals surface area contributed by atoms with Crippen molar-refractivity contribution in [3.05, 3.63) is 42.0 Å². The van der Waals surface area contributed by atoms with Crippen molar-refractivity contribution in [1.82, 2.24) is 25.2 Å². The molecule has 198 valence electrons. The highest BCUT2D eigenvalue weighted by Gasteiger charge is 2.43. The van der Waals surface area contributed by atoms with E-state index in [0.29, 0.717) is 28.3 Å². The van der Waals surface area contributed by atoms with E-state index in [4.69, 9.17) is 14.2 Å². The summed E-state index contributed by atoms with van der Waals surface area (Å²) in [4.78, 5) is 29.5. The predicted octanol–water partition coefficient (Wildman–Crippen LogP) is 3.49. The molecule has 0 bridgehead atoms. The van der Waals surface area contributed by atoms with Gasteiger partial charge in [-0.25, -0.2) is 4.68 Å². The van der Waals surface area contributed by atoms with Gasteiger partial charge in [-0.1, -0.05) is 24.3 Å². The van der Waals surface area contributed by atoms with Crippen LogP contribution in [0.4, 0.5) is 0 Å². The number of carbonyl (C=O) groups excluding carboxylic acids is 2. The van der Waals surface area contributed by atoms with Crippen LogP contribution in [-0.4, -0.2) is 64.6 Å². The van der Waals surface area contributed by atoms with Gasteiger partial charge in [0.15, 0.2) is 11.5 Å². The molecule has 3 aromatic rings. The topological polar surface area (TPSA) is 108 Å². The predicted molar refractivity (Wildman–Crippen MR) is 139 cm³/mol. The maximum Gasteiger partial charge on any atom is 0.247 e. The van der Waals surface area contributed by atoms with Crippen LogP contribution in [0.3, 0.4) is 0 Å². The van der Waals surface area contributed by atoms with Gasteiger partial charge in [-0.15, -0.1) is 5.10 Å². The number of nitrogens with zero attached hydrogens (tertiary/aromatic N) is 4. The molecule has 1 aliphatic rings. The zero-order chi connectivity index (χ0) is 26.7. The first-order chi connectivity index (χ1) is 17.7. The lowest BCUT2D eigenvalue weighted by atomic mass is 9.98. The lowest BCUT2D eigenvalue weighted by Crippen LogP contribution is -2.51. The number of ether oxygens (including phenoxy) is 3.